The Kier molecular flexibility index (Phi) is 9.66. The average Bonchev–Trinajstić information content (AvgIpc) is 4.34. The highest BCUT2D eigenvalue weighted by molar-refractivity contribution is 7.27. The molecule has 0 radical (unpaired) electrons. The molecule has 0 aliphatic heterocycles. The fraction of sp³-hybridized carbons (Fsp3) is 0.0137. The van der Waals surface area contributed by atoms with Crippen LogP contribution in [0, 0.1) is 0 Å². The lowest BCUT2D eigenvalue weighted by Crippen LogP contribution is -2.28. The summed E-state index contributed by atoms with van der Waals surface area (Å²) < 4.78 is 7.70. The second-order valence-corrected chi connectivity index (χ2v) is 22.3. The first-order valence-electron chi connectivity index (χ1n) is 26.1. The summed E-state index contributed by atoms with van der Waals surface area (Å²) in [5.74, 6) is 0. The Labute approximate surface area is 448 Å². The summed E-state index contributed by atoms with van der Waals surface area (Å²) in [5.41, 5.74) is 20.7. The first kappa shape index (κ1) is 43.3. The fourth-order valence-electron chi connectivity index (χ4n) is 12.9. The molecule has 12 aromatic carbocycles. The molecule has 76 heavy (non-hydrogen) atoms. The van der Waals surface area contributed by atoms with E-state index in [0.717, 1.165) is 5.69 Å². The van der Waals surface area contributed by atoms with Gasteiger partial charge in [0.2, 0.25) is 0 Å². The zero-order valence-corrected chi connectivity index (χ0v) is 42.9. The van der Waals surface area contributed by atoms with Crippen molar-refractivity contribution < 1.29 is 0 Å². The number of thiophene rings is 2. The molecule has 3 heteroatoms. The summed E-state index contributed by atoms with van der Waals surface area (Å²) in [5, 5.41) is 7.73. The predicted molar refractivity (Wildman–Crippen MR) is 326 cm³/mol. The molecule has 3 aromatic heterocycles. The third-order valence-electron chi connectivity index (χ3n) is 16.3. The van der Waals surface area contributed by atoms with Crippen LogP contribution in [0.1, 0.15) is 22.3 Å². The minimum atomic E-state index is -0.510. The number of aromatic nitrogens is 1. The highest BCUT2D eigenvalue weighted by atomic mass is 32.1. The van der Waals surface area contributed by atoms with Crippen molar-refractivity contribution in [3.05, 3.63) is 295 Å². The maximum atomic E-state index is 2.43. The van der Waals surface area contributed by atoms with Crippen LogP contribution in [-0.2, 0) is 5.41 Å². The number of hydrogen-bond donors (Lipinski definition) is 0. The molecule has 354 valence electrons. The maximum absolute atomic E-state index is 2.43. The van der Waals surface area contributed by atoms with Gasteiger partial charge in [-0.05, 0) is 120 Å². The number of benzene rings is 12. The minimum absolute atomic E-state index is 0.510. The Balaban J connectivity index is 0.820. The van der Waals surface area contributed by atoms with E-state index in [4.69, 9.17) is 0 Å². The third kappa shape index (κ3) is 6.37. The molecule has 16 rings (SSSR count). The van der Waals surface area contributed by atoms with E-state index in [1.165, 1.54) is 140 Å². The molecule has 1 aliphatic carbocycles. The molecule has 0 fully saturated rings. The van der Waals surface area contributed by atoms with Crippen LogP contribution in [0.2, 0.25) is 0 Å². The highest BCUT2D eigenvalue weighted by Crippen LogP contribution is 2.57. The molecule has 3 heterocycles. The van der Waals surface area contributed by atoms with Gasteiger partial charge in [-0.3, -0.25) is 0 Å². The summed E-state index contributed by atoms with van der Waals surface area (Å²) in [6.07, 6.45) is 0. The standard InChI is InChI=1S/C73H45NS2/c1-3-16-46(17-4-1)49-36-42-67-63(44-49)64-45-50(37-43-68(64)74(67)53-18-5-2-6-19-53)56-25-15-28-62-61-27-14-24-55(71(61)76-72(56)62)48-34-40-52(41-35-48)73(65-29-10-7-20-57(65)58-21-8-11-30-66(58)73)51-38-32-47(33-39-51)54-23-13-26-60-59-22-9-12-31-69(59)75-70(54)60/h1-45H. The first-order valence-corrected chi connectivity index (χ1v) is 27.8. The Morgan fingerprint density at radius 1 is 0.263 bits per heavy atom. The van der Waals surface area contributed by atoms with Gasteiger partial charge in [0.1, 0.15) is 0 Å². The molecular weight excluding hydrogens is 955 g/mol. The number of fused-ring (bicyclic) bond motifs is 12. The van der Waals surface area contributed by atoms with E-state index >= 15 is 0 Å². The Morgan fingerprint density at radius 2 is 0.684 bits per heavy atom. The van der Waals surface area contributed by atoms with Crippen LogP contribution in [-0.4, -0.2) is 4.57 Å². The van der Waals surface area contributed by atoms with E-state index < -0.39 is 5.41 Å². The average molecular weight is 1000 g/mol. The summed E-state index contributed by atoms with van der Waals surface area (Å²) in [6.45, 7) is 0. The van der Waals surface area contributed by atoms with Gasteiger partial charge in [0.25, 0.3) is 0 Å². The number of nitrogens with zero attached hydrogens (tertiary/aromatic N) is 1. The van der Waals surface area contributed by atoms with Crippen molar-refractivity contribution in [3.63, 3.8) is 0 Å². The zero-order chi connectivity index (χ0) is 49.9. The first-order chi connectivity index (χ1) is 37.7. The van der Waals surface area contributed by atoms with Crippen LogP contribution in [0.3, 0.4) is 0 Å². The van der Waals surface area contributed by atoms with Crippen molar-refractivity contribution in [2.75, 3.05) is 0 Å². The zero-order valence-electron chi connectivity index (χ0n) is 41.2. The van der Waals surface area contributed by atoms with E-state index in [1.54, 1.807) is 0 Å². The normalized spacial score (nSPS) is 12.8. The number of hydrogen-bond acceptors (Lipinski definition) is 2. The molecule has 0 amide bonds. The quantitative estimate of drug-likeness (QED) is 0.150. The van der Waals surface area contributed by atoms with Crippen LogP contribution in [0.4, 0.5) is 0 Å². The summed E-state index contributed by atoms with van der Waals surface area (Å²) in [7, 11) is 0. The van der Waals surface area contributed by atoms with Gasteiger partial charge in [-0.25, -0.2) is 0 Å². The highest BCUT2D eigenvalue weighted by Gasteiger charge is 2.46. The molecule has 0 bridgehead atoms. The summed E-state index contributed by atoms with van der Waals surface area (Å²) in [6, 6.07) is 102. The van der Waals surface area contributed by atoms with Crippen LogP contribution in [0.5, 0.6) is 0 Å². The van der Waals surface area contributed by atoms with Gasteiger partial charge in [-0.1, -0.05) is 231 Å². The van der Waals surface area contributed by atoms with E-state index in [-0.39, 0.29) is 0 Å². The lowest BCUT2D eigenvalue weighted by molar-refractivity contribution is 0.769. The topological polar surface area (TPSA) is 4.93 Å². The molecule has 0 saturated heterocycles. The Bertz CT molecular complexity index is 4740. The van der Waals surface area contributed by atoms with Crippen LogP contribution < -0.4 is 0 Å². The number of para-hydroxylation sites is 1. The molecular formula is C73H45NS2. The van der Waals surface area contributed by atoms with Gasteiger partial charge >= 0.3 is 0 Å². The van der Waals surface area contributed by atoms with Crippen molar-refractivity contribution in [1.82, 2.24) is 4.57 Å². The molecule has 0 unspecified atom stereocenters. The molecule has 0 spiro atoms. The molecule has 0 N–H and O–H groups in total. The van der Waals surface area contributed by atoms with Gasteiger partial charge < -0.3 is 4.57 Å². The third-order valence-corrected chi connectivity index (χ3v) is 18.8. The van der Waals surface area contributed by atoms with E-state index in [2.05, 4.69) is 278 Å². The van der Waals surface area contributed by atoms with Gasteiger partial charge in [0.05, 0.1) is 16.4 Å². The van der Waals surface area contributed by atoms with Crippen LogP contribution in [0.15, 0.2) is 273 Å². The lowest BCUT2D eigenvalue weighted by Gasteiger charge is -2.34. The van der Waals surface area contributed by atoms with E-state index in [1.807, 2.05) is 22.7 Å². The fourth-order valence-corrected chi connectivity index (χ4v) is 15.5. The molecule has 15 aromatic rings. The minimum Gasteiger partial charge on any atom is -0.309 e. The van der Waals surface area contributed by atoms with E-state index in [0.29, 0.717) is 0 Å². The molecule has 1 aliphatic rings. The van der Waals surface area contributed by atoms with Gasteiger partial charge in [-0.15, -0.1) is 22.7 Å². The predicted octanol–water partition coefficient (Wildman–Crippen LogP) is 20.6. The van der Waals surface area contributed by atoms with Gasteiger partial charge in [0, 0.05) is 56.8 Å². The second kappa shape index (κ2) is 17.0. The summed E-state index contributed by atoms with van der Waals surface area (Å²) >= 11 is 3.81. The van der Waals surface area contributed by atoms with Gasteiger partial charge in [0.15, 0.2) is 0 Å². The monoisotopic (exact) mass is 999 g/mol. The summed E-state index contributed by atoms with van der Waals surface area (Å²) in [4.78, 5) is 0. The van der Waals surface area contributed by atoms with Crippen LogP contribution in [0.25, 0.3) is 123 Å². The molecule has 0 atom stereocenters. The maximum Gasteiger partial charge on any atom is 0.0713 e. The van der Waals surface area contributed by atoms with Gasteiger partial charge in [-0.2, -0.15) is 0 Å². The van der Waals surface area contributed by atoms with Crippen molar-refractivity contribution in [1.29, 1.82) is 0 Å². The van der Waals surface area contributed by atoms with Crippen molar-refractivity contribution in [2.24, 2.45) is 0 Å². The van der Waals surface area contributed by atoms with Crippen molar-refractivity contribution in [2.45, 2.75) is 5.41 Å². The van der Waals surface area contributed by atoms with Crippen molar-refractivity contribution in [3.8, 4) is 61.3 Å². The SMILES string of the molecule is c1ccc(-c2ccc3c(c2)c2cc(-c4cccc5c4sc4c(-c6ccc(C7(c8ccc(-c9cccc%10c9sc9ccccc9%10)cc8)c8ccccc8-c8ccccc87)cc6)cccc45)ccc2n3-c2ccccc2)cc1. The lowest BCUT2D eigenvalue weighted by atomic mass is 9.67. The Morgan fingerprint density at radius 3 is 1.28 bits per heavy atom. The van der Waals surface area contributed by atoms with E-state index in [9.17, 15) is 0 Å². The smallest absolute Gasteiger partial charge is 0.0713 e. The second-order valence-electron chi connectivity index (χ2n) is 20.2. The number of rotatable bonds is 7. The Hall–Kier alpha value is -9.12. The molecule has 1 nitrogen and oxygen atoms in total. The largest absolute Gasteiger partial charge is 0.309 e. The van der Waals surface area contributed by atoms with Crippen LogP contribution >= 0.6 is 22.7 Å². The molecule has 0 saturated carbocycles. The van der Waals surface area contributed by atoms with Crippen molar-refractivity contribution >= 4 is 84.8 Å².